The van der Waals surface area contributed by atoms with Crippen molar-refractivity contribution in [1.29, 1.82) is 5.26 Å². The summed E-state index contributed by atoms with van der Waals surface area (Å²) in [5.74, 6) is 1.07. The minimum absolute atomic E-state index is 0.295. The normalized spacial score (nSPS) is 21.2. The minimum Gasteiger partial charge on any atom is -0.354 e. The van der Waals surface area contributed by atoms with Crippen LogP contribution in [0.15, 0.2) is 18.7 Å². The van der Waals surface area contributed by atoms with Crippen LogP contribution in [0.4, 0.5) is 5.82 Å². The number of anilines is 1. The molecule has 4 heterocycles. The summed E-state index contributed by atoms with van der Waals surface area (Å²) >= 11 is 0. The summed E-state index contributed by atoms with van der Waals surface area (Å²) in [5.41, 5.74) is 3.06. The van der Waals surface area contributed by atoms with Gasteiger partial charge < -0.3 is 9.80 Å². The van der Waals surface area contributed by atoms with Crippen molar-refractivity contribution in [3.63, 3.8) is 0 Å². The van der Waals surface area contributed by atoms with Crippen LogP contribution in [-0.4, -0.2) is 51.3 Å². The van der Waals surface area contributed by atoms with Gasteiger partial charge in [0.25, 0.3) is 0 Å². The highest BCUT2D eigenvalue weighted by atomic mass is 15.3. The van der Waals surface area contributed by atoms with Gasteiger partial charge in [-0.1, -0.05) is 0 Å². The van der Waals surface area contributed by atoms with Gasteiger partial charge in [-0.05, 0) is 13.5 Å². The third kappa shape index (κ3) is 2.55. The molecule has 0 aliphatic carbocycles. The van der Waals surface area contributed by atoms with Gasteiger partial charge in [-0.3, -0.25) is 4.68 Å². The smallest absolute Gasteiger partial charge is 0.136 e. The van der Waals surface area contributed by atoms with Crippen LogP contribution in [0.25, 0.3) is 0 Å². The van der Waals surface area contributed by atoms with E-state index < -0.39 is 0 Å². The van der Waals surface area contributed by atoms with Crippen molar-refractivity contribution in [2.45, 2.75) is 25.4 Å². The molecule has 2 aromatic rings. The molecule has 4 rings (SSSR count). The van der Waals surface area contributed by atoms with Gasteiger partial charge in [-0.2, -0.15) is 10.4 Å². The molecule has 0 bridgehead atoms. The molecule has 0 aromatic carbocycles. The molecule has 0 spiro atoms. The van der Waals surface area contributed by atoms with Crippen LogP contribution < -0.4 is 4.90 Å². The lowest BCUT2D eigenvalue weighted by molar-refractivity contribution is 0.309. The van der Waals surface area contributed by atoms with E-state index in [0.717, 1.165) is 44.8 Å². The molecule has 1 unspecified atom stereocenters. The summed E-state index contributed by atoms with van der Waals surface area (Å²) in [6.45, 7) is 3.79. The van der Waals surface area contributed by atoms with Gasteiger partial charge in [0.15, 0.2) is 0 Å². The molecule has 0 amide bonds. The van der Waals surface area contributed by atoms with E-state index in [1.165, 1.54) is 11.3 Å². The van der Waals surface area contributed by atoms with Crippen molar-refractivity contribution in [3.05, 3.63) is 35.5 Å². The van der Waals surface area contributed by atoms with Crippen molar-refractivity contribution in [3.8, 4) is 6.07 Å². The summed E-state index contributed by atoms with van der Waals surface area (Å²) in [7, 11) is 2.14. The van der Waals surface area contributed by atoms with Gasteiger partial charge in [0.2, 0.25) is 0 Å². The first-order valence-electron chi connectivity index (χ1n) is 7.95. The minimum atomic E-state index is 0.295. The van der Waals surface area contributed by atoms with E-state index in [2.05, 4.69) is 38.0 Å². The molecule has 118 valence electrons. The first-order chi connectivity index (χ1) is 11.2. The maximum absolute atomic E-state index is 8.95. The van der Waals surface area contributed by atoms with Gasteiger partial charge in [-0.25, -0.2) is 9.97 Å². The number of hydrogen-bond donors (Lipinski definition) is 0. The molecular weight excluding hydrogens is 290 g/mol. The summed E-state index contributed by atoms with van der Waals surface area (Å²) in [6, 6.07) is 2.43. The molecule has 0 N–H and O–H groups in total. The highest BCUT2D eigenvalue weighted by molar-refractivity contribution is 5.50. The molecule has 2 aliphatic rings. The lowest BCUT2D eigenvalue weighted by Gasteiger charge is -2.28. The largest absolute Gasteiger partial charge is 0.354 e. The van der Waals surface area contributed by atoms with E-state index in [0.29, 0.717) is 11.6 Å². The summed E-state index contributed by atoms with van der Waals surface area (Å²) in [4.78, 5) is 13.7. The number of likely N-dealkylation sites (N-methyl/N-ethyl adjacent to an activating group) is 1. The fourth-order valence-corrected chi connectivity index (χ4v) is 3.48. The Morgan fingerprint density at radius 1 is 1.30 bits per heavy atom. The molecule has 0 radical (unpaired) electrons. The van der Waals surface area contributed by atoms with Gasteiger partial charge >= 0.3 is 0 Å². The van der Waals surface area contributed by atoms with Crippen molar-refractivity contribution < 1.29 is 0 Å². The molecule has 1 atom stereocenters. The first kappa shape index (κ1) is 14.2. The number of fused-ring (bicyclic) bond motifs is 1. The Balaban J connectivity index is 1.57. The Hall–Kier alpha value is -2.46. The molecule has 2 aromatic heterocycles. The topological polar surface area (TPSA) is 73.9 Å². The zero-order valence-corrected chi connectivity index (χ0v) is 13.2. The second-order valence-electron chi connectivity index (χ2n) is 6.32. The highest BCUT2D eigenvalue weighted by Gasteiger charge is 2.29. The molecule has 0 saturated carbocycles. The third-order valence-corrected chi connectivity index (χ3v) is 4.74. The van der Waals surface area contributed by atoms with E-state index in [4.69, 9.17) is 5.26 Å². The summed E-state index contributed by atoms with van der Waals surface area (Å²) in [5, 5.41) is 13.3. The van der Waals surface area contributed by atoms with Crippen LogP contribution in [0.1, 0.15) is 29.3 Å². The van der Waals surface area contributed by atoms with Crippen molar-refractivity contribution in [2.24, 2.45) is 0 Å². The van der Waals surface area contributed by atoms with Gasteiger partial charge in [0, 0.05) is 44.4 Å². The first-order valence-corrected chi connectivity index (χ1v) is 7.95. The SMILES string of the molecule is CN1CCc2ncnc(N3CCC(n4cc(C#N)cn4)C3)c2C1. The van der Waals surface area contributed by atoms with Crippen LogP contribution in [0.2, 0.25) is 0 Å². The second-order valence-corrected chi connectivity index (χ2v) is 6.32. The standard InChI is InChI=1S/C16H19N7/c1-21-4-3-15-14(10-21)16(19-11-18-15)22-5-2-13(9-22)23-8-12(6-17)7-20-23/h7-8,11,13H,2-5,9-10H2,1H3. The molecule has 7 nitrogen and oxygen atoms in total. The highest BCUT2D eigenvalue weighted by Crippen LogP contribution is 2.30. The molecular formula is C16H19N7. The van der Waals surface area contributed by atoms with E-state index in [9.17, 15) is 0 Å². The monoisotopic (exact) mass is 309 g/mol. The number of rotatable bonds is 2. The maximum atomic E-state index is 8.95. The Morgan fingerprint density at radius 2 is 2.22 bits per heavy atom. The van der Waals surface area contributed by atoms with Crippen LogP contribution in [0.5, 0.6) is 0 Å². The van der Waals surface area contributed by atoms with Crippen molar-refractivity contribution in [2.75, 3.05) is 31.6 Å². The predicted octanol–water partition coefficient (Wildman–Crippen LogP) is 0.984. The van der Waals surface area contributed by atoms with Gasteiger partial charge in [-0.15, -0.1) is 0 Å². The molecule has 2 aliphatic heterocycles. The predicted molar refractivity (Wildman–Crippen MR) is 84.9 cm³/mol. The molecule has 23 heavy (non-hydrogen) atoms. The van der Waals surface area contributed by atoms with E-state index in [1.54, 1.807) is 12.5 Å². The van der Waals surface area contributed by atoms with E-state index >= 15 is 0 Å². The lowest BCUT2D eigenvalue weighted by Crippen LogP contribution is -2.31. The third-order valence-electron chi connectivity index (χ3n) is 4.74. The zero-order chi connectivity index (χ0) is 15.8. The summed E-state index contributed by atoms with van der Waals surface area (Å²) in [6.07, 6.45) is 7.15. The maximum Gasteiger partial charge on any atom is 0.136 e. The van der Waals surface area contributed by atoms with E-state index in [1.807, 2.05) is 10.9 Å². The number of nitrogens with zero attached hydrogens (tertiary/aromatic N) is 7. The van der Waals surface area contributed by atoms with Crippen LogP contribution in [0, 0.1) is 11.3 Å². The fraction of sp³-hybridized carbons (Fsp3) is 0.500. The Labute approximate surface area is 135 Å². The zero-order valence-electron chi connectivity index (χ0n) is 13.2. The van der Waals surface area contributed by atoms with Crippen LogP contribution >= 0.6 is 0 Å². The van der Waals surface area contributed by atoms with Crippen LogP contribution in [-0.2, 0) is 13.0 Å². The Kier molecular flexibility index (Phi) is 3.46. The van der Waals surface area contributed by atoms with E-state index in [-0.39, 0.29) is 0 Å². The molecule has 7 heteroatoms. The second kappa shape index (κ2) is 5.63. The van der Waals surface area contributed by atoms with Crippen molar-refractivity contribution >= 4 is 5.82 Å². The lowest BCUT2D eigenvalue weighted by atomic mass is 10.1. The number of aromatic nitrogens is 4. The molecule has 1 saturated heterocycles. The Morgan fingerprint density at radius 3 is 3.04 bits per heavy atom. The number of nitriles is 1. The van der Waals surface area contributed by atoms with Crippen LogP contribution in [0.3, 0.4) is 0 Å². The fourth-order valence-electron chi connectivity index (χ4n) is 3.48. The quantitative estimate of drug-likeness (QED) is 0.823. The number of hydrogen-bond acceptors (Lipinski definition) is 6. The summed E-state index contributed by atoms with van der Waals surface area (Å²) < 4.78 is 1.91. The van der Waals surface area contributed by atoms with Gasteiger partial charge in [0.1, 0.15) is 18.2 Å². The average Bonchev–Trinajstić information content (AvgIpc) is 3.23. The Bertz CT molecular complexity index is 760. The van der Waals surface area contributed by atoms with Gasteiger partial charge in [0.05, 0.1) is 23.5 Å². The average molecular weight is 309 g/mol. The molecule has 1 fully saturated rings. The van der Waals surface area contributed by atoms with Crippen molar-refractivity contribution in [1.82, 2.24) is 24.6 Å².